The summed E-state index contributed by atoms with van der Waals surface area (Å²) in [5.41, 5.74) is 22.8. The highest BCUT2D eigenvalue weighted by Crippen LogP contribution is 2.17. The molecular formula is C18H24Cl2N8O3. The van der Waals surface area contributed by atoms with Crippen LogP contribution in [0.2, 0.25) is 5.15 Å². The van der Waals surface area contributed by atoms with Crippen molar-refractivity contribution in [1.29, 1.82) is 0 Å². The van der Waals surface area contributed by atoms with Crippen molar-refractivity contribution < 1.29 is 14.3 Å². The van der Waals surface area contributed by atoms with Crippen LogP contribution in [0.5, 0.6) is 5.75 Å². The minimum atomic E-state index is -0.679. The number of ether oxygens (including phenoxy) is 1. The highest BCUT2D eigenvalue weighted by molar-refractivity contribution is 6.31. The van der Waals surface area contributed by atoms with Crippen molar-refractivity contribution in [1.82, 2.24) is 15.3 Å². The Bertz CT molecular complexity index is 938. The fraction of sp³-hybridized carbons (Fsp3) is 0.278. The van der Waals surface area contributed by atoms with Gasteiger partial charge in [-0.15, -0.1) is 12.4 Å². The molecule has 1 heterocycles. The lowest BCUT2D eigenvalue weighted by molar-refractivity contribution is -0.119. The number of anilines is 2. The number of aliphatic imine (C=N–C) groups is 1. The number of halogens is 2. The summed E-state index contributed by atoms with van der Waals surface area (Å²) in [6.07, 6.45) is 2.44. The number of amides is 2. The van der Waals surface area contributed by atoms with Crippen molar-refractivity contribution in [3.63, 3.8) is 0 Å². The number of hydrogen-bond acceptors (Lipinski definition) is 8. The van der Waals surface area contributed by atoms with Gasteiger partial charge in [0.2, 0.25) is 0 Å². The highest BCUT2D eigenvalue weighted by Gasteiger charge is 2.16. The Kier molecular flexibility index (Phi) is 10.3. The minimum absolute atomic E-state index is 0. The van der Waals surface area contributed by atoms with Gasteiger partial charge in [-0.05, 0) is 37.0 Å². The summed E-state index contributed by atoms with van der Waals surface area (Å²) in [7, 11) is 0. The number of aryl methyl sites for hydroxylation is 1. The molecule has 0 atom stereocenters. The molecule has 31 heavy (non-hydrogen) atoms. The Morgan fingerprint density at radius 3 is 2.39 bits per heavy atom. The molecule has 168 valence electrons. The Morgan fingerprint density at radius 2 is 1.74 bits per heavy atom. The van der Waals surface area contributed by atoms with Gasteiger partial charge in [-0.1, -0.05) is 23.7 Å². The Labute approximate surface area is 190 Å². The van der Waals surface area contributed by atoms with E-state index in [0.29, 0.717) is 12.3 Å². The van der Waals surface area contributed by atoms with Crippen LogP contribution < -0.4 is 33.0 Å². The molecule has 2 aromatic rings. The largest absolute Gasteiger partial charge is 0.484 e. The molecule has 1 aromatic carbocycles. The van der Waals surface area contributed by atoms with Gasteiger partial charge in [0.1, 0.15) is 5.75 Å². The zero-order valence-corrected chi connectivity index (χ0v) is 18.1. The molecule has 0 aliphatic rings. The number of rotatable bonds is 9. The number of nitrogens with one attached hydrogen (secondary N) is 1. The number of nitrogen functional groups attached to an aromatic ring is 2. The summed E-state index contributed by atoms with van der Waals surface area (Å²) in [5, 5.41) is 2.25. The van der Waals surface area contributed by atoms with Crippen molar-refractivity contribution in [2.24, 2.45) is 16.5 Å². The van der Waals surface area contributed by atoms with Gasteiger partial charge in [-0.2, -0.15) is 0 Å². The third-order valence-corrected chi connectivity index (χ3v) is 4.10. The van der Waals surface area contributed by atoms with E-state index in [1.54, 1.807) is 12.1 Å². The van der Waals surface area contributed by atoms with Gasteiger partial charge in [-0.3, -0.25) is 19.9 Å². The first-order valence-corrected chi connectivity index (χ1v) is 9.34. The zero-order chi connectivity index (χ0) is 22.1. The molecule has 2 amide bonds. The molecule has 0 fully saturated rings. The first-order valence-electron chi connectivity index (χ1n) is 8.96. The number of nitrogens with zero attached hydrogens (tertiary/aromatic N) is 3. The normalized spacial score (nSPS) is 10.8. The van der Waals surface area contributed by atoms with Crippen molar-refractivity contribution in [3.05, 3.63) is 40.7 Å². The van der Waals surface area contributed by atoms with Crippen LogP contribution in [0.15, 0.2) is 29.3 Å². The second kappa shape index (κ2) is 12.4. The Morgan fingerprint density at radius 1 is 1.06 bits per heavy atom. The van der Waals surface area contributed by atoms with E-state index in [9.17, 15) is 9.59 Å². The smallest absolute Gasteiger partial charge is 0.280 e. The highest BCUT2D eigenvalue weighted by atomic mass is 35.5. The fourth-order valence-corrected chi connectivity index (χ4v) is 2.50. The molecule has 1 aromatic heterocycles. The number of hydrogen-bond donors (Lipinski definition) is 5. The van der Waals surface area contributed by atoms with Gasteiger partial charge in [0, 0.05) is 6.54 Å². The maximum atomic E-state index is 12.1. The van der Waals surface area contributed by atoms with Gasteiger partial charge in [0.05, 0.1) is 0 Å². The molecule has 2 rings (SSSR count). The van der Waals surface area contributed by atoms with Crippen molar-refractivity contribution in [3.8, 4) is 5.75 Å². The number of unbranched alkanes of at least 4 members (excludes halogenated alkanes) is 1. The summed E-state index contributed by atoms with van der Waals surface area (Å²) >= 11 is 5.75. The van der Waals surface area contributed by atoms with Crippen LogP contribution in [0.3, 0.4) is 0 Å². The van der Waals surface area contributed by atoms with Gasteiger partial charge in [-0.25, -0.2) is 9.97 Å². The van der Waals surface area contributed by atoms with Crippen LogP contribution in [0, 0.1) is 0 Å². The molecule has 0 bridgehead atoms. The predicted molar refractivity (Wildman–Crippen MR) is 121 cm³/mol. The van der Waals surface area contributed by atoms with Crippen LogP contribution in [-0.2, 0) is 11.2 Å². The minimum Gasteiger partial charge on any atom is -0.484 e. The van der Waals surface area contributed by atoms with Crippen LogP contribution >= 0.6 is 24.0 Å². The summed E-state index contributed by atoms with van der Waals surface area (Å²) < 4.78 is 5.20. The number of carbonyl (C=O) groups excluding carboxylic acids is 2. The Hall–Kier alpha value is -3.31. The SMILES string of the molecule is Cl.NC(=O)COc1ccc(CCCCN=C(N)NC(=O)c2nc(Cl)c(N)nc2N)cc1. The second-order valence-electron chi connectivity index (χ2n) is 6.21. The summed E-state index contributed by atoms with van der Waals surface area (Å²) in [5.74, 6) is -0.914. The van der Waals surface area contributed by atoms with E-state index in [2.05, 4.69) is 20.3 Å². The molecule has 0 saturated carbocycles. The van der Waals surface area contributed by atoms with Crippen LogP contribution in [-0.4, -0.2) is 40.9 Å². The molecule has 0 aliphatic heterocycles. The van der Waals surface area contributed by atoms with Crippen LogP contribution in [0.25, 0.3) is 0 Å². The molecule has 11 nitrogen and oxygen atoms in total. The summed E-state index contributed by atoms with van der Waals surface area (Å²) in [6, 6.07) is 7.39. The zero-order valence-electron chi connectivity index (χ0n) is 16.5. The van der Waals surface area contributed by atoms with E-state index >= 15 is 0 Å². The lowest BCUT2D eigenvalue weighted by atomic mass is 10.1. The average Bonchev–Trinajstić information content (AvgIpc) is 2.69. The predicted octanol–water partition coefficient (Wildman–Crippen LogP) is 0.648. The van der Waals surface area contributed by atoms with E-state index < -0.39 is 11.8 Å². The molecule has 0 unspecified atom stereocenters. The molecule has 0 spiro atoms. The van der Waals surface area contributed by atoms with Crippen LogP contribution in [0.1, 0.15) is 28.9 Å². The van der Waals surface area contributed by atoms with E-state index in [1.165, 1.54) is 0 Å². The molecule has 13 heteroatoms. The fourth-order valence-electron chi connectivity index (χ4n) is 2.37. The lowest BCUT2D eigenvalue weighted by Gasteiger charge is -2.07. The maximum absolute atomic E-state index is 12.1. The molecule has 9 N–H and O–H groups in total. The number of benzene rings is 1. The van der Waals surface area contributed by atoms with Gasteiger partial charge < -0.3 is 27.7 Å². The molecule has 0 saturated heterocycles. The van der Waals surface area contributed by atoms with Crippen LogP contribution in [0.4, 0.5) is 11.6 Å². The maximum Gasteiger partial charge on any atom is 0.280 e. The van der Waals surface area contributed by atoms with Gasteiger partial charge in [0.25, 0.3) is 11.8 Å². The summed E-state index contributed by atoms with van der Waals surface area (Å²) in [6.45, 7) is 0.273. The number of guanidine groups is 1. The first kappa shape index (κ1) is 25.7. The quantitative estimate of drug-likeness (QED) is 0.199. The van der Waals surface area contributed by atoms with Crippen molar-refractivity contribution in [2.75, 3.05) is 24.6 Å². The van der Waals surface area contributed by atoms with E-state index in [-0.39, 0.29) is 47.5 Å². The van der Waals surface area contributed by atoms with Gasteiger partial charge >= 0.3 is 0 Å². The molecule has 0 radical (unpaired) electrons. The monoisotopic (exact) mass is 470 g/mol. The van der Waals surface area contributed by atoms with E-state index in [1.807, 2.05) is 12.1 Å². The van der Waals surface area contributed by atoms with Crippen molar-refractivity contribution >= 4 is 53.4 Å². The van der Waals surface area contributed by atoms with E-state index in [0.717, 1.165) is 24.8 Å². The van der Waals surface area contributed by atoms with E-state index in [4.69, 9.17) is 39.3 Å². The number of aromatic nitrogens is 2. The first-order chi connectivity index (χ1) is 14.3. The molecular weight excluding hydrogens is 447 g/mol. The van der Waals surface area contributed by atoms with Crippen molar-refractivity contribution in [2.45, 2.75) is 19.3 Å². The Balaban J connectivity index is 0.00000480. The number of carbonyl (C=O) groups is 2. The average molecular weight is 471 g/mol. The summed E-state index contributed by atoms with van der Waals surface area (Å²) in [4.78, 5) is 34.5. The number of primary amides is 1. The molecule has 0 aliphatic carbocycles. The number of nitrogens with two attached hydrogens (primary N) is 4. The lowest BCUT2D eigenvalue weighted by Crippen LogP contribution is -2.38. The van der Waals surface area contributed by atoms with Gasteiger partial charge in [0.15, 0.2) is 35.0 Å². The standard InChI is InChI=1S/C18H23ClN8O3.ClH/c19-14-16(22)26-15(21)13(25-14)17(29)27-18(23)24-8-2-1-3-10-4-6-11(7-5-10)30-9-12(20)28;/h4-7H,1-3,8-9H2,(H2,20,28)(H4,21,22,26)(H3,23,24,27,29);1H. The third-order valence-electron chi connectivity index (χ3n) is 3.82. The third kappa shape index (κ3) is 8.52. The topological polar surface area (TPSA) is 198 Å². The second-order valence-corrected chi connectivity index (χ2v) is 6.57.